The molecule has 1 unspecified atom stereocenters. The van der Waals surface area contributed by atoms with Crippen LogP contribution in [0.2, 0.25) is 0 Å². The number of hydrogen-bond donors (Lipinski definition) is 1. The molecule has 3 heterocycles. The van der Waals surface area contributed by atoms with Crippen LogP contribution >= 0.6 is 0 Å². The largest absolute Gasteiger partial charge is 0.356 e. The second-order valence-corrected chi connectivity index (χ2v) is 6.06. The van der Waals surface area contributed by atoms with Crippen molar-refractivity contribution < 1.29 is 9.32 Å². The number of nitrogens with one attached hydrogen (secondary N) is 1. The van der Waals surface area contributed by atoms with Crippen molar-refractivity contribution >= 4 is 16.9 Å². The summed E-state index contributed by atoms with van der Waals surface area (Å²) in [6.07, 6.45) is 4.09. The third kappa shape index (κ3) is 2.72. The van der Waals surface area contributed by atoms with Gasteiger partial charge in [-0.2, -0.15) is 0 Å². The van der Waals surface area contributed by atoms with Gasteiger partial charge >= 0.3 is 0 Å². The van der Waals surface area contributed by atoms with Crippen molar-refractivity contribution in [1.29, 1.82) is 0 Å². The van der Waals surface area contributed by atoms with Gasteiger partial charge in [0.1, 0.15) is 11.5 Å². The number of rotatable bonds is 3. The predicted molar refractivity (Wildman–Crippen MR) is 84.9 cm³/mol. The Balaban J connectivity index is 1.43. The lowest BCUT2D eigenvalue weighted by molar-refractivity contribution is -0.121. The van der Waals surface area contributed by atoms with Crippen molar-refractivity contribution in [3.63, 3.8) is 0 Å². The first kappa shape index (κ1) is 14.0. The SMILES string of the molecule is Cc1cn2c(n1)CCC(NC(=O)Cc1noc3ccccc13)C2. The summed E-state index contributed by atoms with van der Waals surface area (Å²) >= 11 is 0. The lowest BCUT2D eigenvalue weighted by atomic mass is 10.1. The Bertz CT molecular complexity index is 864. The van der Waals surface area contributed by atoms with E-state index in [0.29, 0.717) is 11.3 Å². The number of benzene rings is 1. The lowest BCUT2D eigenvalue weighted by Crippen LogP contribution is -2.41. The van der Waals surface area contributed by atoms with Crippen LogP contribution in [0.4, 0.5) is 0 Å². The van der Waals surface area contributed by atoms with Crippen molar-refractivity contribution in [2.75, 3.05) is 0 Å². The summed E-state index contributed by atoms with van der Waals surface area (Å²) in [5.74, 6) is 1.09. The standard InChI is InChI=1S/C17H18N4O2/c1-11-9-21-10-12(6-7-16(21)18-11)19-17(22)8-14-13-4-2-3-5-15(13)23-20-14/h2-5,9,12H,6-8,10H2,1H3,(H,19,22). The topological polar surface area (TPSA) is 73.0 Å². The fourth-order valence-electron chi connectivity index (χ4n) is 3.20. The molecule has 0 radical (unpaired) electrons. The minimum atomic E-state index is -0.0191. The van der Waals surface area contributed by atoms with E-state index >= 15 is 0 Å². The highest BCUT2D eigenvalue weighted by molar-refractivity contribution is 5.86. The summed E-state index contributed by atoms with van der Waals surface area (Å²) in [5.41, 5.74) is 2.43. The second-order valence-electron chi connectivity index (χ2n) is 6.06. The quantitative estimate of drug-likeness (QED) is 0.803. The Morgan fingerprint density at radius 2 is 2.30 bits per heavy atom. The third-order valence-corrected chi connectivity index (χ3v) is 4.26. The van der Waals surface area contributed by atoms with Gasteiger partial charge in [-0.1, -0.05) is 17.3 Å². The molecule has 0 spiro atoms. The summed E-state index contributed by atoms with van der Waals surface area (Å²) in [7, 11) is 0. The van der Waals surface area contributed by atoms with Crippen molar-refractivity contribution in [2.24, 2.45) is 0 Å². The molecule has 1 N–H and O–H groups in total. The first-order valence-electron chi connectivity index (χ1n) is 7.84. The summed E-state index contributed by atoms with van der Waals surface area (Å²) in [6, 6.07) is 7.74. The van der Waals surface area contributed by atoms with E-state index in [0.717, 1.165) is 36.3 Å². The average molecular weight is 310 g/mol. The molecule has 6 heteroatoms. The maximum atomic E-state index is 12.3. The molecule has 2 aromatic heterocycles. The molecular formula is C17H18N4O2. The molecule has 0 aliphatic carbocycles. The van der Waals surface area contributed by atoms with Crippen LogP contribution in [0.25, 0.3) is 11.0 Å². The van der Waals surface area contributed by atoms with Gasteiger partial charge in [-0.05, 0) is 25.5 Å². The first-order valence-corrected chi connectivity index (χ1v) is 7.84. The van der Waals surface area contributed by atoms with E-state index in [9.17, 15) is 4.79 Å². The van der Waals surface area contributed by atoms with Crippen LogP contribution in [0.1, 0.15) is 23.6 Å². The Morgan fingerprint density at radius 1 is 1.43 bits per heavy atom. The van der Waals surface area contributed by atoms with Crippen LogP contribution < -0.4 is 5.32 Å². The molecular weight excluding hydrogens is 292 g/mol. The normalized spacial score (nSPS) is 17.2. The van der Waals surface area contributed by atoms with E-state index in [1.807, 2.05) is 37.4 Å². The fraction of sp³-hybridized carbons (Fsp3) is 0.353. The smallest absolute Gasteiger partial charge is 0.226 e. The zero-order valence-electron chi connectivity index (χ0n) is 13.0. The number of imidazole rings is 1. The summed E-state index contributed by atoms with van der Waals surface area (Å²) < 4.78 is 7.38. The van der Waals surface area contributed by atoms with Crippen molar-refractivity contribution in [3.05, 3.63) is 47.7 Å². The highest BCUT2D eigenvalue weighted by Gasteiger charge is 2.22. The zero-order valence-corrected chi connectivity index (χ0v) is 13.0. The molecule has 0 fully saturated rings. The number of nitrogens with zero attached hydrogens (tertiary/aromatic N) is 3. The van der Waals surface area contributed by atoms with Gasteiger partial charge in [-0.25, -0.2) is 4.98 Å². The second kappa shape index (κ2) is 5.53. The Morgan fingerprint density at radius 3 is 3.22 bits per heavy atom. The molecule has 1 amide bonds. The Hall–Kier alpha value is -2.63. The van der Waals surface area contributed by atoms with Gasteiger partial charge in [-0.3, -0.25) is 4.79 Å². The maximum absolute atomic E-state index is 12.3. The molecule has 1 aliphatic rings. The molecule has 3 aromatic rings. The van der Waals surface area contributed by atoms with Crippen LogP contribution in [0.15, 0.2) is 35.0 Å². The van der Waals surface area contributed by atoms with Gasteiger partial charge in [0.2, 0.25) is 5.91 Å². The number of para-hydroxylation sites is 1. The van der Waals surface area contributed by atoms with Gasteiger partial charge in [0.25, 0.3) is 0 Å². The van der Waals surface area contributed by atoms with Crippen LogP contribution in [-0.2, 0) is 24.2 Å². The first-order chi connectivity index (χ1) is 11.2. The monoisotopic (exact) mass is 310 g/mol. The molecule has 0 saturated heterocycles. The van der Waals surface area contributed by atoms with E-state index in [-0.39, 0.29) is 18.4 Å². The van der Waals surface area contributed by atoms with Crippen LogP contribution in [0.5, 0.6) is 0 Å². The number of carbonyl (C=O) groups is 1. The van der Waals surface area contributed by atoms with Gasteiger partial charge in [-0.15, -0.1) is 0 Å². The highest BCUT2D eigenvalue weighted by Crippen LogP contribution is 2.19. The van der Waals surface area contributed by atoms with Gasteiger partial charge in [0.05, 0.1) is 12.1 Å². The zero-order chi connectivity index (χ0) is 15.8. The van der Waals surface area contributed by atoms with E-state index in [4.69, 9.17) is 4.52 Å². The van der Waals surface area contributed by atoms with E-state index in [1.54, 1.807) is 0 Å². The molecule has 0 saturated carbocycles. The van der Waals surface area contributed by atoms with Gasteiger partial charge in [0.15, 0.2) is 5.58 Å². The number of aromatic nitrogens is 3. The minimum Gasteiger partial charge on any atom is -0.356 e. The van der Waals surface area contributed by atoms with Crippen LogP contribution in [0, 0.1) is 6.92 Å². The van der Waals surface area contributed by atoms with Crippen LogP contribution in [-0.4, -0.2) is 26.7 Å². The highest BCUT2D eigenvalue weighted by atomic mass is 16.5. The van der Waals surface area contributed by atoms with E-state index in [2.05, 4.69) is 20.0 Å². The van der Waals surface area contributed by atoms with E-state index < -0.39 is 0 Å². The van der Waals surface area contributed by atoms with Crippen molar-refractivity contribution in [3.8, 4) is 0 Å². The molecule has 1 atom stereocenters. The van der Waals surface area contributed by atoms with Crippen molar-refractivity contribution in [1.82, 2.24) is 20.0 Å². The average Bonchev–Trinajstić information content (AvgIpc) is 3.10. The summed E-state index contributed by atoms with van der Waals surface area (Å²) in [5, 5.41) is 8.02. The number of aryl methyl sites for hydroxylation is 2. The summed E-state index contributed by atoms with van der Waals surface area (Å²) in [6.45, 7) is 2.77. The number of amides is 1. The van der Waals surface area contributed by atoms with Gasteiger partial charge in [0, 0.05) is 30.6 Å². The molecule has 23 heavy (non-hydrogen) atoms. The van der Waals surface area contributed by atoms with E-state index in [1.165, 1.54) is 0 Å². The molecule has 0 bridgehead atoms. The van der Waals surface area contributed by atoms with Crippen LogP contribution in [0.3, 0.4) is 0 Å². The Kier molecular flexibility index (Phi) is 3.37. The Labute approximate surface area is 133 Å². The molecule has 1 aromatic carbocycles. The molecule has 1 aliphatic heterocycles. The lowest BCUT2D eigenvalue weighted by Gasteiger charge is -2.24. The molecule has 118 valence electrons. The minimum absolute atomic E-state index is 0.0191. The number of hydrogen-bond acceptors (Lipinski definition) is 4. The maximum Gasteiger partial charge on any atom is 0.226 e. The third-order valence-electron chi connectivity index (χ3n) is 4.26. The van der Waals surface area contributed by atoms with Gasteiger partial charge < -0.3 is 14.4 Å². The fourth-order valence-corrected chi connectivity index (χ4v) is 3.20. The molecule has 4 rings (SSSR count). The van der Waals surface area contributed by atoms with Crippen molar-refractivity contribution in [2.45, 2.75) is 38.8 Å². The number of carbonyl (C=O) groups excluding carboxylic acids is 1. The predicted octanol–water partition coefficient (Wildman–Crippen LogP) is 2.01. The summed E-state index contributed by atoms with van der Waals surface area (Å²) in [4.78, 5) is 16.8. The number of fused-ring (bicyclic) bond motifs is 2. The molecule has 6 nitrogen and oxygen atoms in total.